The lowest BCUT2D eigenvalue weighted by atomic mass is 10.2. The summed E-state index contributed by atoms with van der Waals surface area (Å²) in [4.78, 5) is 15.0. The monoisotopic (exact) mass is 168 g/mol. The van der Waals surface area contributed by atoms with Gasteiger partial charge in [-0.25, -0.2) is 4.98 Å². The molecular formula is C8H12N2O2. The molecule has 1 amide bonds. The van der Waals surface area contributed by atoms with E-state index in [1.807, 2.05) is 13.8 Å². The summed E-state index contributed by atoms with van der Waals surface area (Å²) in [7, 11) is 0. The van der Waals surface area contributed by atoms with E-state index in [0.717, 1.165) is 6.42 Å². The molecule has 0 aromatic carbocycles. The Kier molecular flexibility index (Phi) is 2.85. The molecule has 1 rings (SSSR count). The lowest BCUT2D eigenvalue weighted by Gasteiger charge is -2.08. The van der Waals surface area contributed by atoms with E-state index in [1.54, 1.807) is 0 Å². The summed E-state index contributed by atoms with van der Waals surface area (Å²) in [6.45, 7) is 3.95. The van der Waals surface area contributed by atoms with Crippen LogP contribution in [-0.4, -0.2) is 16.9 Å². The first-order chi connectivity index (χ1) is 5.74. The van der Waals surface area contributed by atoms with E-state index in [4.69, 9.17) is 0 Å². The van der Waals surface area contributed by atoms with Crippen LogP contribution in [0.3, 0.4) is 0 Å². The van der Waals surface area contributed by atoms with Gasteiger partial charge < -0.3 is 9.73 Å². The largest absolute Gasteiger partial charge is 0.451 e. The van der Waals surface area contributed by atoms with Crippen molar-refractivity contribution < 1.29 is 9.21 Å². The van der Waals surface area contributed by atoms with Crippen LogP contribution in [0.15, 0.2) is 17.1 Å². The maximum atomic E-state index is 11.2. The van der Waals surface area contributed by atoms with E-state index < -0.39 is 0 Å². The van der Waals surface area contributed by atoms with Crippen molar-refractivity contribution in [3.63, 3.8) is 0 Å². The second-order valence-corrected chi connectivity index (χ2v) is 2.66. The molecule has 1 unspecified atom stereocenters. The van der Waals surface area contributed by atoms with Crippen molar-refractivity contribution >= 4 is 5.91 Å². The standard InChI is InChI=1S/C8H12N2O2/c1-3-6(2)10-8(11)7-4-12-5-9-7/h4-6H,3H2,1-2H3,(H,10,11). The third kappa shape index (κ3) is 2.08. The van der Waals surface area contributed by atoms with Crippen LogP contribution in [0.4, 0.5) is 0 Å². The van der Waals surface area contributed by atoms with Crippen molar-refractivity contribution in [3.05, 3.63) is 18.4 Å². The molecule has 0 radical (unpaired) electrons. The molecule has 0 aliphatic heterocycles. The third-order valence-corrected chi connectivity index (χ3v) is 1.65. The van der Waals surface area contributed by atoms with Crippen molar-refractivity contribution in [1.29, 1.82) is 0 Å². The first kappa shape index (κ1) is 8.77. The van der Waals surface area contributed by atoms with Gasteiger partial charge in [-0.2, -0.15) is 0 Å². The molecule has 1 aromatic heterocycles. The molecule has 0 saturated heterocycles. The van der Waals surface area contributed by atoms with Crippen molar-refractivity contribution in [1.82, 2.24) is 10.3 Å². The number of aromatic nitrogens is 1. The number of carbonyl (C=O) groups is 1. The Bertz CT molecular complexity index is 244. The first-order valence-electron chi connectivity index (χ1n) is 3.93. The second kappa shape index (κ2) is 3.90. The van der Waals surface area contributed by atoms with Crippen LogP contribution >= 0.6 is 0 Å². The molecule has 4 heteroatoms. The van der Waals surface area contributed by atoms with Gasteiger partial charge in [-0.15, -0.1) is 0 Å². The summed E-state index contributed by atoms with van der Waals surface area (Å²) < 4.78 is 4.68. The highest BCUT2D eigenvalue weighted by Gasteiger charge is 2.09. The van der Waals surface area contributed by atoms with E-state index in [2.05, 4.69) is 14.7 Å². The number of oxazole rings is 1. The predicted molar refractivity (Wildman–Crippen MR) is 43.7 cm³/mol. The molecule has 1 aromatic rings. The van der Waals surface area contributed by atoms with Crippen LogP contribution in [0.25, 0.3) is 0 Å². The van der Waals surface area contributed by atoms with Gasteiger partial charge in [-0.3, -0.25) is 4.79 Å². The molecule has 0 spiro atoms. The van der Waals surface area contributed by atoms with Gasteiger partial charge in [0.15, 0.2) is 12.1 Å². The van der Waals surface area contributed by atoms with Gasteiger partial charge in [-0.1, -0.05) is 6.92 Å². The van der Waals surface area contributed by atoms with Gasteiger partial charge in [0.2, 0.25) is 0 Å². The second-order valence-electron chi connectivity index (χ2n) is 2.66. The fourth-order valence-electron chi connectivity index (χ4n) is 0.724. The summed E-state index contributed by atoms with van der Waals surface area (Å²) in [6.07, 6.45) is 3.48. The Morgan fingerprint density at radius 3 is 3.08 bits per heavy atom. The van der Waals surface area contributed by atoms with Gasteiger partial charge in [-0.05, 0) is 13.3 Å². The molecule has 1 N–H and O–H groups in total. The lowest BCUT2D eigenvalue weighted by Crippen LogP contribution is -2.32. The predicted octanol–water partition coefficient (Wildman–Crippen LogP) is 1.20. The van der Waals surface area contributed by atoms with Gasteiger partial charge in [0, 0.05) is 6.04 Å². The zero-order chi connectivity index (χ0) is 8.97. The number of amides is 1. The van der Waals surface area contributed by atoms with Crippen molar-refractivity contribution in [2.45, 2.75) is 26.3 Å². The lowest BCUT2D eigenvalue weighted by molar-refractivity contribution is 0.0934. The molecular weight excluding hydrogens is 156 g/mol. The van der Waals surface area contributed by atoms with Gasteiger partial charge in [0.1, 0.15) is 6.26 Å². The Hall–Kier alpha value is -1.32. The van der Waals surface area contributed by atoms with Gasteiger partial charge in [0.05, 0.1) is 0 Å². The molecule has 66 valence electrons. The van der Waals surface area contributed by atoms with Crippen LogP contribution in [0, 0.1) is 0 Å². The minimum absolute atomic E-state index is 0.175. The zero-order valence-corrected chi connectivity index (χ0v) is 7.20. The molecule has 0 fully saturated rings. The SMILES string of the molecule is CCC(C)NC(=O)c1cocn1. The number of nitrogens with zero attached hydrogens (tertiary/aromatic N) is 1. The van der Waals surface area contributed by atoms with Crippen LogP contribution in [0.1, 0.15) is 30.8 Å². The summed E-state index contributed by atoms with van der Waals surface area (Å²) >= 11 is 0. The quantitative estimate of drug-likeness (QED) is 0.737. The minimum atomic E-state index is -0.182. The normalized spacial score (nSPS) is 12.5. The van der Waals surface area contributed by atoms with Crippen molar-refractivity contribution in [2.24, 2.45) is 0 Å². The number of hydrogen-bond acceptors (Lipinski definition) is 3. The molecule has 0 saturated carbocycles. The zero-order valence-electron chi connectivity index (χ0n) is 7.20. The molecule has 1 heterocycles. The van der Waals surface area contributed by atoms with E-state index in [-0.39, 0.29) is 11.9 Å². The Morgan fingerprint density at radius 2 is 2.58 bits per heavy atom. The van der Waals surface area contributed by atoms with Crippen molar-refractivity contribution in [3.8, 4) is 0 Å². The number of hydrogen-bond donors (Lipinski definition) is 1. The molecule has 12 heavy (non-hydrogen) atoms. The van der Waals surface area contributed by atoms with Crippen LogP contribution in [-0.2, 0) is 0 Å². The smallest absolute Gasteiger partial charge is 0.273 e. The molecule has 0 aliphatic rings. The van der Waals surface area contributed by atoms with Crippen LogP contribution in [0.5, 0.6) is 0 Å². The van der Waals surface area contributed by atoms with Gasteiger partial charge in [0.25, 0.3) is 5.91 Å². The maximum absolute atomic E-state index is 11.2. The topological polar surface area (TPSA) is 55.1 Å². The molecule has 0 aliphatic carbocycles. The summed E-state index contributed by atoms with van der Waals surface area (Å²) in [5, 5.41) is 2.77. The molecule has 4 nitrogen and oxygen atoms in total. The fourth-order valence-corrected chi connectivity index (χ4v) is 0.724. The van der Waals surface area contributed by atoms with Crippen LogP contribution in [0.2, 0.25) is 0 Å². The molecule has 1 atom stereocenters. The van der Waals surface area contributed by atoms with Crippen LogP contribution < -0.4 is 5.32 Å². The third-order valence-electron chi connectivity index (χ3n) is 1.65. The van der Waals surface area contributed by atoms with Crippen molar-refractivity contribution in [2.75, 3.05) is 0 Å². The van der Waals surface area contributed by atoms with E-state index in [1.165, 1.54) is 12.7 Å². The number of nitrogens with one attached hydrogen (secondary N) is 1. The summed E-state index contributed by atoms with van der Waals surface area (Å²) in [5.74, 6) is -0.182. The summed E-state index contributed by atoms with van der Waals surface area (Å²) in [5.41, 5.74) is 0.329. The Labute approximate surface area is 71.0 Å². The Morgan fingerprint density at radius 1 is 1.83 bits per heavy atom. The van der Waals surface area contributed by atoms with E-state index >= 15 is 0 Å². The first-order valence-corrected chi connectivity index (χ1v) is 3.93. The highest BCUT2D eigenvalue weighted by atomic mass is 16.3. The Balaban J connectivity index is 2.50. The molecule has 0 bridgehead atoms. The average molecular weight is 168 g/mol. The van der Waals surface area contributed by atoms with E-state index in [9.17, 15) is 4.79 Å². The van der Waals surface area contributed by atoms with Gasteiger partial charge >= 0.3 is 0 Å². The van der Waals surface area contributed by atoms with E-state index in [0.29, 0.717) is 5.69 Å². The number of rotatable bonds is 3. The fraction of sp³-hybridized carbons (Fsp3) is 0.500. The number of carbonyl (C=O) groups excluding carboxylic acids is 1. The highest BCUT2D eigenvalue weighted by Crippen LogP contribution is 1.96. The highest BCUT2D eigenvalue weighted by molar-refractivity contribution is 5.91. The maximum Gasteiger partial charge on any atom is 0.273 e. The minimum Gasteiger partial charge on any atom is -0.451 e. The summed E-state index contributed by atoms with van der Waals surface area (Å²) in [6, 6.07) is 0.175. The average Bonchev–Trinajstić information content (AvgIpc) is 2.56.